The van der Waals surface area contributed by atoms with E-state index in [1.54, 1.807) is 42.5 Å². The number of ether oxygens (including phenoxy) is 1. The summed E-state index contributed by atoms with van der Waals surface area (Å²) in [6, 6.07) is 18.6. The first-order valence-electron chi connectivity index (χ1n) is 9.91. The molecule has 0 aliphatic heterocycles. The van der Waals surface area contributed by atoms with Gasteiger partial charge in [0.05, 0.1) is 5.56 Å². The molecule has 7 nitrogen and oxygen atoms in total. The van der Waals surface area contributed by atoms with Crippen LogP contribution in [-0.4, -0.2) is 24.3 Å². The molecule has 0 spiro atoms. The van der Waals surface area contributed by atoms with E-state index in [0.29, 0.717) is 27.2 Å². The summed E-state index contributed by atoms with van der Waals surface area (Å²) in [5.41, 5.74) is 0.361. The van der Waals surface area contributed by atoms with E-state index in [-0.39, 0.29) is 16.9 Å². The molecule has 34 heavy (non-hydrogen) atoms. The number of hydrogen-bond acceptors (Lipinski definition) is 6. The van der Waals surface area contributed by atoms with Gasteiger partial charge >= 0.3 is 11.6 Å². The molecule has 0 saturated heterocycles. The third-order valence-corrected chi connectivity index (χ3v) is 5.56. The molecule has 4 aromatic rings. The molecule has 0 unspecified atom stereocenters. The van der Waals surface area contributed by atoms with Gasteiger partial charge in [-0.15, -0.1) is 0 Å². The number of carbonyl (C=O) groups is 3. The Kier molecular flexibility index (Phi) is 6.90. The van der Waals surface area contributed by atoms with Crippen LogP contribution in [0.1, 0.15) is 31.1 Å². The second-order valence-electron chi connectivity index (χ2n) is 7.17. The minimum absolute atomic E-state index is 0.158. The standard InChI is InChI=1S/C25H15BrClNO6/c26-17-5-10-22-16(11-17)12-20(25(32)34-22)23(30)28-19-8-3-15(4-9-19)24(31)33-13-21(29)14-1-6-18(27)7-2-14/h1-12H,13H2,(H,28,30). The zero-order valence-corrected chi connectivity index (χ0v) is 19.7. The van der Waals surface area contributed by atoms with Gasteiger partial charge in [0, 0.05) is 26.1 Å². The first-order chi connectivity index (χ1) is 16.3. The lowest BCUT2D eigenvalue weighted by atomic mass is 10.1. The largest absolute Gasteiger partial charge is 0.454 e. The van der Waals surface area contributed by atoms with E-state index in [4.69, 9.17) is 20.8 Å². The molecule has 9 heteroatoms. The van der Waals surface area contributed by atoms with Crippen LogP contribution in [-0.2, 0) is 4.74 Å². The molecule has 170 valence electrons. The Balaban J connectivity index is 1.40. The molecule has 3 aromatic carbocycles. The number of amides is 1. The maximum Gasteiger partial charge on any atom is 0.349 e. The Morgan fingerprint density at radius 2 is 1.59 bits per heavy atom. The van der Waals surface area contributed by atoms with Crippen molar-refractivity contribution in [2.75, 3.05) is 11.9 Å². The van der Waals surface area contributed by atoms with Crippen molar-refractivity contribution < 1.29 is 23.5 Å². The van der Waals surface area contributed by atoms with Crippen LogP contribution in [0.3, 0.4) is 0 Å². The summed E-state index contributed by atoms with van der Waals surface area (Å²) in [5, 5.41) is 3.68. The molecule has 1 amide bonds. The lowest BCUT2D eigenvalue weighted by Gasteiger charge is -2.07. The summed E-state index contributed by atoms with van der Waals surface area (Å²) < 4.78 is 11.0. The SMILES string of the molecule is O=C(COC(=O)c1ccc(NC(=O)c2cc3cc(Br)ccc3oc2=O)cc1)c1ccc(Cl)cc1. The molecular formula is C25H15BrClNO6. The summed E-state index contributed by atoms with van der Waals surface area (Å²) in [6.07, 6.45) is 0. The van der Waals surface area contributed by atoms with Gasteiger partial charge in [-0.3, -0.25) is 9.59 Å². The summed E-state index contributed by atoms with van der Waals surface area (Å²) in [4.78, 5) is 49.2. The molecule has 0 atom stereocenters. The molecule has 1 N–H and O–H groups in total. The predicted octanol–water partition coefficient (Wildman–Crippen LogP) is 5.50. The lowest BCUT2D eigenvalue weighted by Crippen LogP contribution is -2.20. The van der Waals surface area contributed by atoms with Crippen molar-refractivity contribution in [2.45, 2.75) is 0 Å². The van der Waals surface area contributed by atoms with Gasteiger partial charge in [0.25, 0.3) is 5.91 Å². The number of halogens is 2. The van der Waals surface area contributed by atoms with Gasteiger partial charge in [-0.2, -0.15) is 0 Å². The molecule has 4 rings (SSSR count). The number of nitrogens with one attached hydrogen (secondary N) is 1. The number of ketones is 1. The van der Waals surface area contributed by atoms with Crippen LogP contribution < -0.4 is 10.9 Å². The first kappa shape index (κ1) is 23.4. The number of fused-ring (bicyclic) bond motifs is 1. The Hall–Kier alpha value is -3.75. The highest BCUT2D eigenvalue weighted by molar-refractivity contribution is 9.10. The van der Waals surface area contributed by atoms with Gasteiger partial charge in [0.2, 0.25) is 0 Å². The van der Waals surface area contributed by atoms with Crippen LogP contribution in [0.4, 0.5) is 5.69 Å². The van der Waals surface area contributed by atoms with Crippen LogP contribution in [0.5, 0.6) is 0 Å². The van der Waals surface area contributed by atoms with E-state index in [2.05, 4.69) is 21.2 Å². The van der Waals surface area contributed by atoms with Crippen LogP contribution in [0, 0.1) is 0 Å². The van der Waals surface area contributed by atoms with Crippen molar-refractivity contribution in [3.8, 4) is 0 Å². The second-order valence-corrected chi connectivity index (χ2v) is 8.52. The number of carbonyl (C=O) groups excluding carboxylic acids is 3. The molecule has 0 aliphatic carbocycles. The van der Waals surface area contributed by atoms with Gasteiger partial charge in [-0.1, -0.05) is 27.5 Å². The first-order valence-corrected chi connectivity index (χ1v) is 11.1. The topological polar surface area (TPSA) is 103 Å². The minimum Gasteiger partial charge on any atom is -0.454 e. The fraction of sp³-hybridized carbons (Fsp3) is 0.0400. The fourth-order valence-electron chi connectivity index (χ4n) is 3.07. The highest BCUT2D eigenvalue weighted by atomic mass is 79.9. The van der Waals surface area contributed by atoms with E-state index >= 15 is 0 Å². The van der Waals surface area contributed by atoms with Crippen molar-refractivity contribution in [3.63, 3.8) is 0 Å². The molecule has 0 bridgehead atoms. The predicted molar refractivity (Wildman–Crippen MR) is 131 cm³/mol. The summed E-state index contributed by atoms with van der Waals surface area (Å²) in [6.45, 7) is -0.424. The van der Waals surface area contributed by atoms with E-state index in [1.165, 1.54) is 30.3 Å². The van der Waals surface area contributed by atoms with Crippen molar-refractivity contribution in [3.05, 3.63) is 109 Å². The van der Waals surface area contributed by atoms with Crippen molar-refractivity contribution in [1.82, 2.24) is 0 Å². The van der Waals surface area contributed by atoms with Crippen molar-refractivity contribution >= 4 is 61.8 Å². The van der Waals surface area contributed by atoms with Gasteiger partial charge in [0.15, 0.2) is 12.4 Å². The molecule has 1 aromatic heterocycles. The van der Waals surface area contributed by atoms with Crippen molar-refractivity contribution in [1.29, 1.82) is 0 Å². The fourth-order valence-corrected chi connectivity index (χ4v) is 3.58. The number of anilines is 1. The summed E-state index contributed by atoms with van der Waals surface area (Å²) in [5.74, 6) is -1.71. The third-order valence-electron chi connectivity index (χ3n) is 4.82. The van der Waals surface area contributed by atoms with Gasteiger partial charge in [-0.05, 0) is 72.8 Å². The Labute approximate surface area is 206 Å². The highest BCUT2D eigenvalue weighted by Gasteiger charge is 2.16. The van der Waals surface area contributed by atoms with Crippen LogP contribution in [0.25, 0.3) is 11.0 Å². The van der Waals surface area contributed by atoms with Crippen molar-refractivity contribution in [2.24, 2.45) is 0 Å². The monoisotopic (exact) mass is 539 g/mol. The van der Waals surface area contributed by atoms with E-state index in [9.17, 15) is 19.2 Å². The zero-order chi connectivity index (χ0) is 24.2. The maximum atomic E-state index is 12.6. The number of esters is 1. The third kappa shape index (κ3) is 5.41. The maximum absolute atomic E-state index is 12.6. The summed E-state index contributed by atoms with van der Waals surface area (Å²) in [7, 11) is 0. The average molecular weight is 541 g/mol. The Bertz CT molecular complexity index is 1460. The average Bonchev–Trinajstić information content (AvgIpc) is 2.83. The molecule has 0 aliphatic rings. The minimum atomic E-state index is -0.766. The Morgan fingerprint density at radius 1 is 0.912 bits per heavy atom. The molecule has 0 radical (unpaired) electrons. The van der Waals surface area contributed by atoms with E-state index in [0.717, 1.165) is 4.47 Å². The van der Waals surface area contributed by atoms with E-state index in [1.807, 2.05) is 0 Å². The van der Waals surface area contributed by atoms with Gasteiger partial charge in [-0.25, -0.2) is 9.59 Å². The molecule has 1 heterocycles. The van der Waals surface area contributed by atoms with Gasteiger partial charge in [0.1, 0.15) is 11.1 Å². The van der Waals surface area contributed by atoms with E-state index < -0.39 is 24.1 Å². The van der Waals surface area contributed by atoms with Crippen LogP contribution in [0.15, 0.2) is 86.5 Å². The molecular weight excluding hydrogens is 526 g/mol. The smallest absolute Gasteiger partial charge is 0.349 e. The summed E-state index contributed by atoms with van der Waals surface area (Å²) >= 11 is 9.13. The normalized spacial score (nSPS) is 10.6. The Morgan fingerprint density at radius 3 is 2.29 bits per heavy atom. The molecule has 0 fully saturated rings. The van der Waals surface area contributed by atoms with Crippen LogP contribution >= 0.6 is 27.5 Å². The number of benzene rings is 3. The quantitative estimate of drug-likeness (QED) is 0.197. The second kappa shape index (κ2) is 10.0. The number of hydrogen-bond donors (Lipinski definition) is 1. The number of Topliss-reactive ketones (excluding diaryl/α,β-unsaturated/α-hetero) is 1. The highest BCUT2D eigenvalue weighted by Crippen LogP contribution is 2.20. The lowest BCUT2D eigenvalue weighted by molar-refractivity contribution is 0.0475. The zero-order valence-electron chi connectivity index (χ0n) is 17.3. The molecule has 0 saturated carbocycles. The van der Waals surface area contributed by atoms with Crippen LogP contribution in [0.2, 0.25) is 5.02 Å². The van der Waals surface area contributed by atoms with Gasteiger partial charge < -0.3 is 14.5 Å². The number of rotatable bonds is 6.